The van der Waals surface area contributed by atoms with Crippen LogP contribution in [-0.2, 0) is 0 Å². The molecule has 1 aliphatic carbocycles. The first-order chi connectivity index (χ1) is 10.3. The molecule has 0 saturated heterocycles. The van der Waals surface area contributed by atoms with Crippen LogP contribution in [0.5, 0.6) is 0 Å². The van der Waals surface area contributed by atoms with Crippen LogP contribution in [0, 0.1) is 17.2 Å². The van der Waals surface area contributed by atoms with Crippen molar-refractivity contribution in [3.63, 3.8) is 0 Å². The average molecular weight is 280 g/mol. The summed E-state index contributed by atoms with van der Waals surface area (Å²) in [6.07, 6.45) is 7.86. The van der Waals surface area contributed by atoms with Crippen LogP contribution in [0.25, 0.3) is 10.9 Å². The van der Waals surface area contributed by atoms with Crippen LogP contribution in [0.15, 0.2) is 24.5 Å². The lowest BCUT2D eigenvalue weighted by Gasteiger charge is -2.29. The number of benzene rings is 1. The molecule has 1 fully saturated rings. The van der Waals surface area contributed by atoms with Crippen LogP contribution in [-0.4, -0.2) is 16.0 Å². The van der Waals surface area contributed by atoms with Gasteiger partial charge in [0.1, 0.15) is 12.1 Å². The van der Waals surface area contributed by atoms with Gasteiger partial charge in [-0.05, 0) is 49.8 Å². The van der Waals surface area contributed by atoms with Gasteiger partial charge in [-0.25, -0.2) is 9.97 Å². The van der Waals surface area contributed by atoms with E-state index in [1.807, 2.05) is 12.1 Å². The first-order valence-corrected chi connectivity index (χ1v) is 7.71. The molecule has 1 N–H and O–H groups in total. The van der Waals surface area contributed by atoms with Gasteiger partial charge in [-0.1, -0.05) is 13.3 Å². The average Bonchev–Trinajstić information content (AvgIpc) is 2.55. The number of nitrogens with zero attached hydrogens (tertiary/aromatic N) is 3. The first kappa shape index (κ1) is 13.8. The zero-order chi connectivity index (χ0) is 14.7. The number of nitrogens with one attached hydrogen (secondary N) is 1. The molecule has 0 bridgehead atoms. The molecule has 3 rings (SSSR count). The Morgan fingerprint density at radius 2 is 2.05 bits per heavy atom. The maximum atomic E-state index is 9.05. The highest BCUT2D eigenvalue weighted by atomic mass is 15.0. The molecule has 0 radical (unpaired) electrons. The van der Waals surface area contributed by atoms with Crippen LogP contribution in [0.2, 0.25) is 0 Å². The highest BCUT2D eigenvalue weighted by molar-refractivity contribution is 5.89. The molecule has 0 atom stereocenters. The van der Waals surface area contributed by atoms with Crippen LogP contribution in [0.3, 0.4) is 0 Å². The number of fused-ring (bicyclic) bond motifs is 1. The van der Waals surface area contributed by atoms with Crippen LogP contribution < -0.4 is 5.32 Å². The highest BCUT2D eigenvalue weighted by Gasteiger charge is 2.20. The third-order valence-electron chi connectivity index (χ3n) is 4.53. The van der Waals surface area contributed by atoms with Gasteiger partial charge in [-0.3, -0.25) is 0 Å². The highest BCUT2D eigenvalue weighted by Crippen LogP contribution is 2.29. The molecule has 1 aromatic carbocycles. The van der Waals surface area contributed by atoms with Crippen molar-refractivity contribution in [2.75, 3.05) is 5.32 Å². The summed E-state index contributed by atoms with van der Waals surface area (Å²) in [4.78, 5) is 8.66. The molecule has 1 heterocycles. The fraction of sp³-hybridized carbons (Fsp3) is 0.471. The van der Waals surface area contributed by atoms with Gasteiger partial charge >= 0.3 is 0 Å². The second-order valence-corrected chi connectivity index (χ2v) is 5.84. The molecule has 4 heteroatoms. The van der Waals surface area contributed by atoms with E-state index in [-0.39, 0.29) is 0 Å². The summed E-state index contributed by atoms with van der Waals surface area (Å²) in [7, 11) is 0. The molecule has 1 aromatic heterocycles. The second-order valence-electron chi connectivity index (χ2n) is 5.84. The van der Waals surface area contributed by atoms with Crippen molar-refractivity contribution in [2.24, 2.45) is 5.92 Å². The minimum atomic E-state index is 0.483. The number of nitriles is 1. The topological polar surface area (TPSA) is 61.6 Å². The summed E-state index contributed by atoms with van der Waals surface area (Å²) < 4.78 is 0. The van der Waals surface area contributed by atoms with Crippen molar-refractivity contribution < 1.29 is 0 Å². The molecule has 0 unspecified atom stereocenters. The summed E-state index contributed by atoms with van der Waals surface area (Å²) in [5.41, 5.74) is 1.53. The molecule has 21 heavy (non-hydrogen) atoms. The van der Waals surface area contributed by atoms with Crippen molar-refractivity contribution in [2.45, 2.75) is 45.1 Å². The molecule has 1 aliphatic rings. The van der Waals surface area contributed by atoms with E-state index in [1.54, 1.807) is 12.4 Å². The summed E-state index contributed by atoms with van der Waals surface area (Å²) in [6, 6.07) is 8.21. The van der Waals surface area contributed by atoms with Gasteiger partial charge < -0.3 is 5.32 Å². The number of aromatic nitrogens is 2. The molecule has 1 saturated carbocycles. The summed E-state index contributed by atoms with van der Waals surface area (Å²) in [6.45, 7) is 2.28. The number of hydrogen-bond donors (Lipinski definition) is 1. The van der Waals surface area contributed by atoms with E-state index < -0.39 is 0 Å². The lowest BCUT2D eigenvalue weighted by Crippen LogP contribution is -2.26. The number of hydrogen-bond acceptors (Lipinski definition) is 4. The van der Waals surface area contributed by atoms with Crippen molar-refractivity contribution in [3.8, 4) is 6.07 Å². The van der Waals surface area contributed by atoms with Crippen molar-refractivity contribution in [1.29, 1.82) is 5.26 Å². The summed E-state index contributed by atoms with van der Waals surface area (Å²) in [5, 5.41) is 13.6. The first-order valence-electron chi connectivity index (χ1n) is 7.71. The van der Waals surface area contributed by atoms with E-state index >= 15 is 0 Å². The molecule has 0 aliphatic heterocycles. The molecule has 108 valence electrons. The Kier molecular flexibility index (Phi) is 4.01. The minimum Gasteiger partial charge on any atom is -0.367 e. The number of rotatable bonds is 3. The van der Waals surface area contributed by atoms with Crippen molar-refractivity contribution >= 4 is 16.7 Å². The Balaban J connectivity index is 1.82. The smallest absolute Gasteiger partial charge is 0.137 e. The Bertz CT molecular complexity index is 666. The molecular formula is C17H20N4. The van der Waals surface area contributed by atoms with Gasteiger partial charge in [0, 0.05) is 11.4 Å². The maximum absolute atomic E-state index is 9.05. The standard InChI is InChI=1S/C17H20N4/c1-2-12-3-6-14(7-4-12)21-17-15-9-13(10-18)5-8-16(15)19-11-20-17/h5,8-9,11-12,14H,2-4,6-7H2,1H3,(H,19,20,21). The van der Waals surface area contributed by atoms with E-state index in [0.717, 1.165) is 22.6 Å². The van der Waals surface area contributed by atoms with Gasteiger partial charge in [0.15, 0.2) is 0 Å². The van der Waals surface area contributed by atoms with E-state index in [0.29, 0.717) is 11.6 Å². The van der Waals surface area contributed by atoms with E-state index in [4.69, 9.17) is 5.26 Å². The lowest BCUT2D eigenvalue weighted by atomic mass is 9.84. The van der Waals surface area contributed by atoms with Gasteiger partial charge in [0.05, 0.1) is 17.1 Å². The fourth-order valence-corrected chi connectivity index (χ4v) is 3.15. The molecule has 0 spiro atoms. The number of anilines is 1. The monoisotopic (exact) mass is 280 g/mol. The summed E-state index contributed by atoms with van der Waals surface area (Å²) in [5.74, 6) is 1.74. The maximum Gasteiger partial charge on any atom is 0.137 e. The van der Waals surface area contributed by atoms with Crippen molar-refractivity contribution in [3.05, 3.63) is 30.1 Å². The van der Waals surface area contributed by atoms with Gasteiger partial charge in [0.2, 0.25) is 0 Å². The Labute approximate surface area is 125 Å². The van der Waals surface area contributed by atoms with Gasteiger partial charge in [0.25, 0.3) is 0 Å². The quantitative estimate of drug-likeness (QED) is 0.926. The van der Waals surface area contributed by atoms with Gasteiger partial charge in [-0.15, -0.1) is 0 Å². The molecule has 4 nitrogen and oxygen atoms in total. The molecular weight excluding hydrogens is 260 g/mol. The van der Waals surface area contributed by atoms with Crippen molar-refractivity contribution in [1.82, 2.24) is 9.97 Å². The zero-order valence-corrected chi connectivity index (χ0v) is 12.3. The third-order valence-corrected chi connectivity index (χ3v) is 4.53. The lowest BCUT2D eigenvalue weighted by molar-refractivity contribution is 0.330. The van der Waals surface area contributed by atoms with Crippen LogP contribution in [0.4, 0.5) is 5.82 Å². The Hall–Kier alpha value is -2.15. The predicted octanol–water partition coefficient (Wildman–Crippen LogP) is 3.88. The molecule has 0 amide bonds. The minimum absolute atomic E-state index is 0.483. The zero-order valence-electron chi connectivity index (χ0n) is 12.3. The van der Waals surface area contributed by atoms with Crippen LogP contribution in [0.1, 0.15) is 44.6 Å². The van der Waals surface area contributed by atoms with E-state index in [9.17, 15) is 0 Å². The summed E-state index contributed by atoms with van der Waals surface area (Å²) >= 11 is 0. The normalized spacial score (nSPS) is 21.9. The fourth-order valence-electron chi connectivity index (χ4n) is 3.15. The van der Waals surface area contributed by atoms with E-state index in [2.05, 4.69) is 28.3 Å². The SMILES string of the molecule is CCC1CCC(Nc2ncnc3ccc(C#N)cc23)CC1. The Morgan fingerprint density at radius 3 is 2.76 bits per heavy atom. The van der Waals surface area contributed by atoms with Gasteiger partial charge in [-0.2, -0.15) is 5.26 Å². The second kappa shape index (κ2) is 6.09. The molecule has 2 aromatic rings. The third kappa shape index (κ3) is 2.97. The largest absolute Gasteiger partial charge is 0.367 e. The Morgan fingerprint density at radius 1 is 1.24 bits per heavy atom. The predicted molar refractivity (Wildman–Crippen MR) is 83.9 cm³/mol. The van der Waals surface area contributed by atoms with E-state index in [1.165, 1.54) is 32.1 Å². The van der Waals surface area contributed by atoms with Crippen LogP contribution >= 0.6 is 0 Å².